The molecule has 0 spiro atoms. The normalized spacial score (nSPS) is 20.1. The summed E-state index contributed by atoms with van der Waals surface area (Å²) in [5.74, 6) is 0.429. The molecule has 0 aliphatic carbocycles. The van der Waals surface area contributed by atoms with Crippen LogP contribution >= 0.6 is 0 Å². The van der Waals surface area contributed by atoms with Gasteiger partial charge >= 0.3 is 0 Å². The van der Waals surface area contributed by atoms with Crippen molar-refractivity contribution >= 4 is 0 Å². The monoisotopic (exact) mass is 251 g/mol. The number of piperidine rings is 1. The van der Waals surface area contributed by atoms with Gasteiger partial charge in [-0.2, -0.15) is 0 Å². The van der Waals surface area contributed by atoms with Gasteiger partial charge in [-0.15, -0.1) is 0 Å². The number of hydrogen-bond donors (Lipinski definition) is 1. The van der Waals surface area contributed by atoms with Gasteiger partial charge in [0, 0.05) is 31.5 Å². The minimum absolute atomic E-state index is 0.429. The zero-order valence-electron chi connectivity index (χ0n) is 11.3. The number of rotatable bonds is 3. The standard InChI is InChI=1S/C13H21N3O2/c1-10(2)16-8-4-13(17,5-9-16)11-12(18-3)15-7-6-14-11/h6-7,10,17H,4-5,8-9H2,1-3H3. The van der Waals surface area contributed by atoms with Crippen LogP contribution in [0.3, 0.4) is 0 Å². The van der Waals surface area contributed by atoms with Crippen molar-refractivity contribution in [2.45, 2.75) is 38.3 Å². The number of nitrogens with zero attached hydrogens (tertiary/aromatic N) is 3. The van der Waals surface area contributed by atoms with Crippen molar-refractivity contribution in [1.82, 2.24) is 14.9 Å². The molecule has 5 nitrogen and oxygen atoms in total. The summed E-state index contributed by atoms with van der Waals surface area (Å²) < 4.78 is 5.19. The Hall–Kier alpha value is -1.20. The molecule has 1 N–H and O–H groups in total. The number of ether oxygens (including phenoxy) is 1. The molecule has 18 heavy (non-hydrogen) atoms. The molecule has 0 atom stereocenters. The van der Waals surface area contributed by atoms with Crippen molar-refractivity contribution in [3.05, 3.63) is 18.1 Å². The second kappa shape index (κ2) is 5.20. The third-order valence-corrected chi connectivity index (χ3v) is 3.65. The van der Waals surface area contributed by atoms with Crippen LogP contribution in [0, 0.1) is 0 Å². The van der Waals surface area contributed by atoms with Crippen LogP contribution in [-0.2, 0) is 5.60 Å². The lowest BCUT2D eigenvalue weighted by molar-refractivity contribution is -0.0375. The summed E-state index contributed by atoms with van der Waals surface area (Å²) in [5.41, 5.74) is -0.346. The van der Waals surface area contributed by atoms with Crippen LogP contribution in [0.4, 0.5) is 0 Å². The van der Waals surface area contributed by atoms with E-state index in [2.05, 4.69) is 28.7 Å². The quantitative estimate of drug-likeness (QED) is 0.874. The van der Waals surface area contributed by atoms with Crippen molar-refractivity contribution in [3.8, 4) is 5.88 Å². The zero-order valence-corrected chi connectivity index (χ0v) is 11.3. The van der Waals surface area contributed by atoms with Crippen LogP contribution in [0.1, 0.15) is 32.4 Å². The highest BCUT2D eigenvalue weighted by molar-refractivity contribution is 5.25. The minimum atomic E-state index is -0.912. The second-order valence-corrected chi connectivity index (χ2v) is 5.08. The predicted molar refractivity (Wildman–Crippen MR) is 68.4 cm³/mol. The molecule has 2 rings (SSSR count). The molecular weight excluding hydrogens is 230 g/mol. The van der Waals surface area contributed by atoms with Gasteiger partial charge in [0.1, 0.15) is 11.3 Å². The van der Waals surface area contributed by atoms with Crippen LogP contribution in [-0.4, -0.2) is 46.2 Å². The molecule has 1 fully saturated rings. The Bertz CT molecular complexity index is 401. The molecule has 100 valence electrons. The van der Waals surface area contributed by atoms with E-state index in [-0.39, 0.29) is 0 Å². The summed E-state index contributed by atoms with van der Waals surface area (Å²) in [7, 11) is 1.56. The van der Waals surface area contributed by atoms with E-state index < -0.39 is 5.60 Å². The first-order chi connectivity index (χ1) is 8.57. The molecule has 1 aliphatic rings. The molecule has 0 unspecified atom stereocenters. The Morgan fingerprint density at radius 1 is 1.28 bits per heavy atom. The molecular formula is C13H21N3O2. The lowest BCUT2D eigenvalue weighted by Gasteiger charge is -2.39. The van der Waals surface area contributed by atoms with Gasteiger partial charge in [0.15, 0.2) is 0 Å². The van der Waals surface area contributed by atoms with E-state index in [9.17, 15) is 5.11 Å². The highest BCUT2D eigenvalue weighted by Crippen LogP contribution is 2.35. The van der Waals surface area contributed by atoms with E-state index in [0.29, 0.717) is 30.5 Å². The predicted octanol–water partition coefficient (Wildman–Crippen LogP) is 1.18. The van der Waals surface area contributed by atoms with Gasteiger partial charge < -0.3 is 14.7 Å². The highest BCUT2D eigenvalue weighted by atomic mass is 16.5. The maximum atomic E-state index is 10.7. The van der Waals surface area contributed by atoms with Crippen molar-refractivity contribution in [2.24, 2.45) is 0 Å². The zero-order chi connectivity index (χ0) is 13.2. The third kappa shape index (κ3) is 2.47. The second-order valence-electron chi connectivity index (χ2n) is 5.08. The van der Waals surface area contributed by atoms with Crippen LogP contribution in [0.25, 0.3) is 0 Å². The van der Waals surface area contributed by atoms with Gasteiger partial charge in [-0.05, 0) is 26.7 Å². The van der Waals surface area contributed by atoms with Crippen LogP contribution in [0.15, 0.2) is 12.4 Å². The van der Waals surface area contributed by atoms with Crippen molar-refractivity contribution < 1.29 is 9.84 Å². The van der Waals surface area contributed by atoms with E-state index in [1.807, 2.05) is 0 Å². The van der Waals surface area contributed by atoms with Crippen molar-refractivity contribution in [1.29, 1.82) is 0 Å². The maximum absolute atomic E-state index is 10.7. The molecule has 2 heterocycles. The summed E-state index contributed by atoms with van der Waals surface area (Å²) in [6, 6.07) is 0.512. The molecule has 0 bridgehead atoms. The van der Waals surface area contributed by atoms with E-state index in [0.717, 1.165) is 13.1 Å². The highest BCUT2D eigenvalue weighted by Gasteiger charge is 2.38. The minimum Gasteiger partial charge on any atom is -0.480 e. The van der Waals surface area contributed by atoms with Crippen LogP contribution in [0.5, 0.6) is 5.88 Å². The Balaban J connectivity index is 2.18. The number of methoxy groups -OCH3 is 1. The van der Waals surface area contributed by atoms with Gasteiger partial charge in [-0.1, -0.05) is 0 Å². The molecule has 1 aromatic heterocycles. The lowest BCUT2D eigenvalue weighted by Crippen LogP contribution is -2.45. The first-order valence-electron chi connectivity index (χ1n) is 6.39. The molecule has 0 radical (unpaired) electrons. The van der Waals surface area contributed by atoms with Gasteiger partial charge in [0.25, 0.3) is 0 Å². The SMILES string of the molecule is COc1nccnc1C1(O)CCN(C(C)C)CC1. The fourth-order valence-corrected chi connectivity index (χ4v) is 2.44. The smallest absolute Gasteiger partial charge is 0.238 e. The maximum Gasteiger partial charge on any atom is 0.238 e. The number of aromatic nitrogens is 2. The number of aliphatic hydroxyl groups is 1. The van der Waals surface area contributed by atoms with Crippen molar-refractivity contribution in [2.75, 3.05) is 20.2 Å². The lowest BCUT2D eigenvalue weighted by atomic mass is 9.87. The number of likely N-dealkylation sites (tertiary alicyclic amines) is 1. The topological polar surface area (TPSA) is 58.5 Å². The summed E-state index contributed by atoms with van der Waals surface area (Å²) in [4.78, 5) is 10.7. The Morgan fingerprint density at radius 3 is 2.44 bits per heavy atom. The van der Waals surface area contributed by atoms with E-state index in [1.54, 1.807) is 19.5 Å². The van der Waals surface area contributed by atoms with E-state index >= 15 is 0 Å². The molecule has 0 saturated carbocycles. The first kappa shape index (κ1) is 13.2. The Morgan fingerprint density at radius 2 is 1.89 bits per heavy atom. The molecule has 5 heteroatoms. The largest absolute Gasteiger partial charge is 0.480 e. The molecule has 1 aliphatic heterocycles. The molecule has 0 aromatic carbocycles. The first-order valence-corrected chi connectivity index (χ1v) is 6.39. The Kier molecular flexibility index (Phi) is 3.82. The summed E-state index contributed by atoms with van der Waals surface area (Å²) in [6.07, 6.45) is 4.51. The fourth-order valence-electron chi connectivity index (χ4n) is 2.44. The third-order valence-electron chi connectivity index (χ3n) is 3.65. The van der Waals surface area contributed by atoms with Gasteiger partial charge in [0.05, 0.1) is 7.11 Å². The van der Waals surface area contributed by atoms with Gasteiger partial charge in [-0.3, -0.25) is 4.98 Å². The van der Waals surface area contributed by atoms with Crippen molar-refractivity contribution in [3.63, 3.8) is 0 Å². The van der Waals surface area contributed by atoms with E-state index in [1.165, 1.54) is 0 Å². The van der Waals surface area contributed by atoms with Gasteiger partial charge in [-0.25, -0.2) is 4.98 Å². The molecule has 0 amide bonds. The summed E-state index contributed by atoms with van der Waals surface area (Å²) in [5, 5.41) is 10.7. The molecule has 1 aromatic rings. The Labute approximate surface area is 108 Å². The average molecular weight is 251 g/mol. The van der Waals surface area contributed by atoms with Crippen LogP contribution < -0.4 is 4.74 Å². The van der Waals surface area contributed by atoms with E-state index in [4.69, 9.17) is 4.74 Å². The number of hydrogen-bond acceptors (Lipinski definition) is 5. The summed E-state index contributed by atoms with van der Waals surface area (Å²) in [6.45, 7) is 6.09. The van der Waals surface area contributed by atoms with Gasteiger partial charge in [0.2, 0.25) is 5.88 Å². The fraction of sp³-hybridized carbons (Fsp3) is 0.692. The summed E-state index contributed by atoms with van der Waals surface area (Å²) >= 11 is 0. The van der Waals surface area contributed by atoms with Crippen LogP contribution in [0.2, 0.25) is 0 Å². The molecule has 1 saturated heterocycles. The average Bonchev–Trinajstić information content (AvgIpc) is 2.39.